The van der Waals surface area contributed by atoms with Gasteiger partial charge in [0.25, 0.3) is 0 Å². The first-order valence-corrected chi connectivity index (χ1v) is 6.48. The number of rotatable bonds is 3. The first-order valence-electron chi connectivity index (χ1n) is 6.48. The number of nitrogens with one attached hydrogen (secondary N) is 1. The molecule has 0 aromatic heterocycles. The molecule has 0 saturated heterocycles. The number of anilines is 1. The van der Waals surface area contributed by atoms with E-state index in [0.717, 1.165) is 24.1 Å². The van der Waals surface area contributed by atoms with Crippen LogP contribution in [0.2, 0.25) is 0 Å². The Kier molecular flexibility index (Phi) is 3.33. The average Bonchev–Trinajstić information content (AvgIpc) is 2.60. The number of carboxylic acid groups (broad SMARTS) is 1. The fourth-order valence-electron chi connectivity index (χ4n) is 2.74. The standard InChI is InChI=1S/C15H21NO2/c1-10-4-5-13(12(8-10)14(17)18)16-11-6-7-15(2,3)9-11/h4-5,8,11,16H,6-7,9H2,1-3H3,(H,17,18). The van der Waals surface area contributed by atoms with Crippen molar-refractivity contribution in [1.82, 2.24) is 0 Å². The van der Waals surface area contributed by atoms with E-state index >= 15 is 0 Å². The van der Waals surface area contributed by atoms with Gasteiger partial charge in [0, 0.05) is 11.7 Å². The number of carbonyl (C=O) groups is 1. The van der Waals surface area contributed by atoms with E-state index in [1.54, 1.807) is 6.07 Å². The third kappa shape index (κ3) is 2.84. The molecular formula is C15H21NO2. The molecule has 0 bridgehead atoms. The Labute approximate surface area is 108 Å². The molecule has 1 atom stereocenters. The Balaban J connectivity index is 2.17. The molecule has 1 aliphatic carbocycles. The minimum absolute atomic E-state index is 0.367. The molecule has 0 amide bonds. The Hall–Kier alpha value is -1.51. The highest BCUT2D eigenvalue weighted by atomic mass is 16.4. The van der Waals surface area contributed by atoms with Crippen LogP contribution in [0.4, 0.5) is 5.69 Å². The summed E-state index contributed by atoms with van der Waals surface area (Å²) in [6.45, 7) is 6.44. The second-order valence-corrected chi connectivity index (χ2v) is 6.10. The van der Waals surface area contributed by atoms with Crippen molar-refractivity contribution in [2.75, 3.05) is 5.32 Å². The zero-order valence-corrected chi connectivity index (χ0v) is 11.3. The van der Waals surface area contributed by atoms with Crippen molar-refractivity contribution in [2.45, 2.75) is 46.1 Å². The Morgan fingerprint density at radius 1 is 1.44 bits per heavy atom. The minimum atomic E-state index is -0.863. The lowest BCUT2D eigenvalue weighted by Gasteiger charge is -2.19. The Morgan fingerprint density at radius 2 is 2.17 bits per heavy atom. The van der Waals surface area contributed by atoms with Crippen LogP contribution in [0.25, 0.3) is 0 Å². The fraction of sp³-hybridized carbons (Fsp3) is 0.533. The maximum Gasteiger partial charge on any atom is 0.337 e. The highest BCUT2D eigenvalue weighted by Crippen LogP contribution is 2.38. The topological polar surface area (TPSA) is 49.3 Å². The Morgan fingerprint density at radius 3 is 2.72 bits per heavy atom. The van der Waals surface area contributed by atoms with E-state index in [-0.39, 0.29) is 0 Å². The van der Waals surface area contributed by atoms with E-state index < -0.39 is 5.97 Å². The third-order valence-corrected chi connectivity index (χ3v) is 3.73. The number of hydrogen-bond donors (Lipinski definition) is 2. The van der Waals surface area contributed by atoms with E-state index in [2.05, 4.69) is 19.2 Å². The molecule has 0 heterocycles. The molecule has 98 valence electrons. The molecule has 1 aromatic carbocycles. The van der Waals surface area contributed by atoms with Gasteiger partial charge in [-0.3, -0.25) is 0 Å². The summed E-state index contributed by atoms with van der Waals surface area (Å²) in [6, 6.07) is 5.95. The largest absolute Gasteiger partial charge is 0.478 e. The van der Waals surface area contributed by atoms with Crippen LogP contribution < -0.4 is 5.32 Å². The maximum atomic E-state index is 11.2. The van der Waals surface area contributed by atoms with Gasteiger partial charge in [0.1, 0.15) is 0 Å². The van der Waals surface area contributed by atoms with Gasteiger partial charge in [0.05, 0.1) is 5.56 Å². The van der Waals surface area contributed by atoms with Crippen molar-refractivity contribution < 1.29 is 9.90 Å². The van der Waals surface area contributed by atoms with Crippen LogP contribution in [0.5, 0.6) is 0 Å². The molecule has 0 radical (unpaired) electrons. The second kappa shape index (κ2) is 4.63. The lowest BCUT2D eigenvalue weighted by atomic mass is 9.92. The summed E-state index contributed by atoms with van der Waals surface area (Å²) in [5.74, 6) is -0.863. The van der Waals surface area contributed by atoms with E-state index in [1.165, 1.54) is 6.42 Å². The molecule has 1 saturated carbocycles. The second-order valence-electron chi connectivity index (χ2n) is 6.10. The molecule has 0 spiro atoms. The number of aromatic carboxylic acids is 1. The number of benzene rings is 1. The summed E-state index contributed by atoms with van der Waals surface area (Å²) >= 11 is 0. The summed E-state index contributed by atoms with van der Waals surface area (Å²) in [7, 11) is 0. The predicted octanol–water partition coefficient (Wildman–Crippen LogP) is 3.68. The summed E-state index contributed by atoms with van der Waals surface area (Å²) in [6.07, 6.45) is 3.40. The molecule has 3 nitrogen and oxygen atoms in total. The first kappa shape index (κ1) is 12.9. The molecule has 3 heteroatoms. The van der Waals surface area contributed by atoms with Gasteiger partial charge in [-0.05, 0) is 43.7 Å². The van der Waals surface area contributed by atoms with Crippen LogP contribution in [0.3, 0.4) is 0 Å². The van der Waals surface area contributed by atoms with Crippen molar-refractivity contribution in [1.29, 1.82) is 0 Å². The van der Waals surface area contributed by atoms with Gasteiger partial charge in [0.15, 0.2) is 0 Å². The normalized spacial score (nSPS) is 21.8. The molecule has 2 N–H and O–H groups in total. The Bertz CT molecular complexity index is 466. The smallest absolute Gasteiger partial charge is 0.337 e. The molecule has 2 rings (SSSR count). The summed E-state index contributed by atoms with van der Waals surface area (Å²) in [5, 5.41) is 12.6. The van der Waals surface area contributed by atoms with Crippen LogP contribution in [-0.2, 0) is 0 Å². The van der Waals surface area contributed by atoms with E-state index in [0.29, 0.717) is 17.0 Å². The van der Waals surface area contributed by atoms with Gasteiger partial charge in [-0.25, -0.2) is 4.79 Å². The van der Waals surface area contributed by atoms with Crippen LogP contribution in [-0.4, -0.2) is 17.1 Å². The zero-order chi connectivity index (χ0) is 13.3. The molecule has 0 aliphatic heterocycles. The van der Waals surface area contributed by atoms with Gasteiger partial charge < -0.3 is 10.4 Å². The summed E-state index contributed by atoms with van der Waals surface area (Å²) in [4.78, 5) is 11.2. The van der Waals surface area contributed by atoms with Gasteiger partial charge in [-0.1, -0.05) is 25.5 Å². The number of hydrogen-bond acceptors (Lipinski definition) is 2. The minimum Gasteiger partial charge on any atom is -0.478 e. The highest BCUT2D eigenvalue weighted by Gasteiger charge is 2.31. The molecule has 1 unspecified atom stereocenters. The van der Waals surface area contributed by atoms with Crippen LogP contribution in [0, 0.1) is 12.3 Å². The van der Waals surface area contributed by atoms with Crippen LogP contribution >= 0.6 is 0 Å². The monoisotopic (exact) mass is 247 g/mol. The first-order chi connectivity index (χ1) is 8.37. The average molecular weight is 247 g/mol. The van der Waals surface area contributed by atoms with E-state index in [4.69, 9.17) is 0 Å². The molecular weight excluding hydrogens is 226 g/mol. The van der Waals surface area contributed by atoms with Crippen molar-refractivity contribution in [2.24, 2.45) is 5.41 Å². The van der Waals surface area contributed by atoms with Crippen molar-refractivity contribution >= 4 is 11.7 Å². The lowest BCUT2D eigenvalue weighted by Crippen LogP contribution is -2.19. The van der Waals surface area contributed by atoms with Gasteiger partial charge in [-0.15, -0.1) is 0 Å². The van der Waals surface area contributed by atoms with E-state index in [1.807, 2.05) is 19.1 Å². The quantitative estimate of drug-likeness (QED) is 0.856. The van der Waals surface area contributed by atoms with Gasteiger partial charge >= 0.3 is 5.97 Å². The number of aryl methyl sites for hydroxylation is 1. The van der Waals surface area contributed by atoms with Crippen molar-refractivity contribution in [3.8, 4) is 0 Å². The maximum absolute atomic E-state index is 11.2. The zero-order valence-electron chi connectivity index (χ0n) is 11.3. The molecule has 1 fully saturated rings. The lowest BCUT2D eigenvalue weighted by molar-refractivity contribution is 0.0698. The van der Waals surface area contributed by atoms with Crippen molar-refractivity contribution in [3.63, 3.8) is 0 Å². The van der Waals surface area contributed by atoms with E-state index in [9.17, 15) is 9.90 Å². The SMILES string of the molecule is Cc1ccc(NC2CCC(C)(C)C2)c(C(=O)O)c1. The van der Waals surface area contributed by atoms with Crippen LogP contribution in [0.1, 0.15) is 49.0 Å². The molecule has 18 heavy (non-hydrogen) atoms. The molecule has 1 aliphatic rings. The van der Waals surface area contributed by atoms with Crippen LogP contribution in [0.15, 0.2) is 18.2 Å². The predicted molar refractivity (Wildman–Crippen MR) is 73.2 cm³/mol. The van der Waals surface area contributed by atoms with Gasteiger partial charge in [0.2, 0.25) is 0 Å². The number of carboxylic acids is 1. The highest BCUT2D eigenvalue weighted by molar-refractivity contribution is 5.94. The third-order valence-electron chi connectivity index (χ3n) is 3.73. The molecule has 1 aromatic rings. The van der Waals surface area contributed by atoms with Gasteiger partial charge in [-0.2, -0.15) is 0 Å². The summed E-state index contributed by atoms with van der Waals surface area (Å²) in [5.41, 5.74) is 2.46. The summed E-state index contributed by atoms with van der Waals surface area (Å²) < 4.78 is 0. The van der Waals surface area contributed by atoms with Crippen molar-refractivity contribution in [3.05, 3.63) is 29.3 Å². The fourth-order valence-corrected chi connectivity index (χ4v) is 2.74.